The molecule has 9 nitrogen and oxygen atoms in total. The molecule has 1 atom stereocenters. The fourth-order valence-electron chi connectivity index (χ4n) is 1.16. The lowest BCUT2D eigenvalue weighted by Gasteiger charge is -2.14. The van der Waals surface area contributed by atoms with Crippen LogP contribution in [0, 0.1) is 0 Å². The quantitative estimate of drug-likeness (QED) is 0.478. The second kappa shape index (κ2) is 7.55. The second-order valence-electron chi connectivity index (χ2n) is 4.07. The smallest absolute Gasteiger partial charge is 0.321 e. The van der Waals surface area contributed by atoms with Gasteiger partial charge in [0, 0.05) is 6.26 Å². The molecule has 0 fully saturated rings. The fourth-order valence-corrected chi connectivity index (χ4v) is 3.03. The molecular weight excluding hydrogens is 314 g/mol. The molecule has 0 aliphatic heterocycles. The number of ether oxygens (including phenoxy) is 1. The van der Waals surface area contributed by atoms with E-state index in [2.05, 4.69) is 4.74 Å². The number of hydrogen-bond acceptors (Lipinski definition) is 7. The summed E-state index contributed by atoms with van der Waals surface area (Å²) >= 11 is 0. The summed E-state index contributed by atoms with van der Waals surface area (Å²) in [4.78, 5) is 21.7. The molecule has 0 aromatic rings. The zero-order valence-corrected chi connectivity index (χ0v) is 12.7. The van der Waals surface area contributed by atoms with Crippen LogP contribution >= 0.6 is 0 Å². The number of methoxy groups -OCH3 is 1. The van der Waals surface area contributed by atoms with Gasteiger partial charge in [-0.25, -0.2) is 21.6 Å². The van der Waals surface area contributed by atoms with Crippen LogP contribution in [0.4, 0.5) is 0 Å². The third-order valence-corrected chi connectivity index (χ3v) is 4.56. The number of nitrogens with one attached hydrogen (secondary N) is 1. The van der Waals surface area contributed by atoms with Gasteiger partial charge in [0.2, 0.25) is 10.0 Å². The molecule has 0 bridgehead atoms. The van der Waals surface area contributed by atoms with E-state index < -0.39 is 62.2 Å². The molecule has 0 saturated carbocycles. The first-order valence-corrected chi connectivity index (χ1v) is 9.15. The summed E-state index contributed by atoms with van der Waals surface area (Å²) in [5.41, 5.74) is 0. The molecule has 20 heavy (non-hydrogen) atoms. The van der Waals surface area contributed by atoms with E-state index in [-0.39, 0.29) is 0 Å². The number of carboxylic acid groups (broad SMARTS) is 1. The van der Waals surface area contributed by atoms with Crippen LogP contribution in [0.25, 0.3) is 0 Å². The number of sulfonamides is 1. The number of esters is 1. The number of carboxylic acids is 1. The van der Waals surface area contributed by atoms with Crippen LogP contribution in [-0.2, 0) is 34.2 Å². The van der Waals surface area contributed by atoms with Crippen molar-refractivity contribution < 1.29 is 36.3 Å². The maximum Gasteiger partial charge on any atom is 0.321 e. The van der Waals surface area contributed by atoms with Crippen molar-refractivity contribution in [3.63, 3.8) is 0 Å². The molecule has 0 rings (SSSR count). The molecule has 0 aromatic heterocycles. The van der Waals surface area contributed by atoms with Crippen molar-refractivity contribution in [1.82, 2.24) is 4.72 Å². The van der Waals surface area contributed by atoms with Crippen LogP contribution < -0.4 is 4.72 Å². The van der Waals surface area contributed by atoms with Crippen LogP contribution in [-0.4, -0.2) is 64.8 Å². The molecule has 1 unspecified atom stereocenters. The zero-order chi connectivity index (χ0) is 16.0. The number of sulfone groups is 1. The van der Waals surface area contributed by atoms with Crippen LogP contribution in [0.2, 0.25) is 0 Å². The minimum absolute atomic E-state index is 0.397. The first-order chi connectivity index (χ1) is 8.97. The Balaban J connectivity index is 4.65. The lowest BCUT2D eigenvalue weighted by molar-refractivity contribution is -0.140. The molecule has 0 spiro atoms. The number of hydrogen-bond donors (Lipinski definition) is 2. The average Bonchev–Trinajstić information content (AvgIpc) is 2.30. The van der Waals surface area contributed by atoms with E-state index in [4.69, 9.17) is 5.11 Å². The molecule has 0 aromatic carbocycles. The van der Waals surface area contributed by atoms with Gasteiger partial charge in [-0.3, -0.25) is 9.59 Å². The third kappa shape index (κ3) is 8.82. The molecule has 0 aliphatic carbocycles. The van der Waals surface area contributed by atoms with Gasteiger partial charge in [-0.05, 0) is 6.42 Å². The summed E-state index contributed by atoms with van der Waals surface area (Å²) in [6, 6.07) is -1.56. The van der Waals surface area contributed by atoms with Crippen LogP contribution in [0.1, 0.15) is 12.8 Å². The molecule has 118 valence electrons. The lowest BCUT2D eigenvalue weighted by Crippen LogP contribution is -2.43. The van der Waals surface area contributed by atoms with Crippen LogP contribution in [0.3, 0.4) is 0 Å². The second-order valence-corrected chi connectivity index (χ2v) is 8.21. The SMILES string of the molecule is COC(=O)CCS(=O)(=O)NC(CCS(C)(=O)=O)C(=O)O. The van der Waals surface area contributed by atoms with Crippen LogP contribution in [0.5, 0.6) is 0 Å². The third-order valence-electron chi connectivity index (χ3n) is 2.20. The van der Waals surface area contributed by atoms with Gasteiger partial charge in [0.05, 0.1) is 25.0 Å². The summed E-state index contributed by atoms with van der Waals surface area (Å²) in [7, 11) is -6.34. The van der Waals surface area contributed by atoms with Gasteiger partial charge in [-0.2, -0.15) is 0 Å². The molecule has 0 aliphatic rings. The number of carbonyl (C=O) groups is 2. The predicted molar refractivity (Wildman–Crippen MR) is 69.3 cm³/mol. The van der Waals surface area contributed by atoms with Gasteiger partial charge in [-0.15, -0.1) is 0 Å². The first kappa shape index (κ1) is 18.8. The Labute approximate surface area is 117 Å². The highest BCUT2D eigenvalue weighted by Gasteiger charge is 2.25. The fraction of sp³-hybridized carbons (Fsp3) is 0.778. The van der Waals surface area contributed by atoms with Crippen molar-refractivity contribution in [3.05, 3.63) is 0 Å². The van der Waals surface area contributed by atoms with Crippen molar-refractivity contribution in [2.45, 2.75) is 18.9 Å². The van der Waals surface area contributed by atoms with E-state index in [0.717, 1.165) is 13.4 Å². The zero-order valence-electron chi connectivity index (χ0n) is 11.0. The van der Waals surface area contributed by atoms with Gasteiger partial charge in [0.15, 0.2) is 0 Å². The van der Waals surface area contributed by atoms with E-state index in [0.29, 0.717) is 0 Å². The van der Waals surface area contributed by atoms with Crippen molar-refractivity contribution in [1.29, 1.82) is 0 Å². The van der Waals surface area contributed by atoms with E-state index in [1.54, 1.807) is 0 Å². The Morgan fingerprint density at radius 1 is 1.20 bits per heavy atom. The summed E-state index contributed by atoms with van der Waals surface area (Å²) in [5.74, 6) is -3.35. The molecule has 0 saturated heterocycles. The summed E-state index contributed by atoms with van der Waals surface area (Å²) in [6.07, 6.45) is 0.0908. The van der Waals surface area contributed by atoms with E-state index >= 15 is 0 Å². The van der Waals surface area contributed by atoms with Crippen molar-refractivity contribution in [3.8, 4) is 0 Å². The Kier molecular flexibility index (Phi) is 7.09. The Bertz CT molecular complexity index is 550. The van der Waals surface area contributed by atoms with Gasteiger partial charge < -0.3 is 9.84 Å². The molecule has 0 amide bonds. The van der Waals surface area contributed by atoms with E-state index in [1.165, 1.54) is 0 Å². The minimum atomic E-state index is -4.03. The lowest BCUT2D eigenvalue weighted by atomic mass is 10.2. The molecule has 0 heterocycles. The number of rotatable bonds is 9. The standard InChI is InChI=1S/C9H17NO8S2/c1-18-8(11)4-6-20(16,17)10-7(9(12)13)3-5-19(2,14)15/h7,10H,3-6H2,1-2H3,(H,12,13). The monoisotopic (exact) mass is 331 g/mol. The van der Waals surface area contributed by atoms with Gasteiger partial charge in [0.25, 0.3) is 0 Å². The average molecular weight is 331 g/mol. The Hall–Kier alpha value is -1.20. The Morgan fingerprint density at radius 2 is 1.75 bits per heavy atom. The summed E-state index contributed by atoms with van der Waals surface area (Å²) in [6.45, 7) is 0. The largest absolute Gasteiger partial charge is 0.480 e. The highest BCUT2D eigenvalue weighted by Crippen LogP contribution is 2.01. The molecular formula is C9H17NO8S2. The maximum atomic E-state index is 11.6. The normalized spacial score (nSPS) is 13.7. The Morgan fingerprint density at radius 3 is 2.15 bits per heavy atom. The van der Waals surface area contributed by atoms with Gasteiger partial charge in [-0.1, -0.05) is 0 Å². The van der Waals surface area contributed by atoms with E-state index in [1.807, 2.05) is 4.72 Å². The highest BCUT2D eigenvalue weighted by molar-refractivity contribution is 7.90. The van der Waals surface area contributed by atoms with Gasteiger partial charge in [0.1, 0.15) is 15.9 Å². The van der Waals surface area contributed by atoms with E-state index in [9.17, 15) is 26.4 Å². The van der Waals surface area contributed by atoms with Crippen molar-refractivity contribution >= 4 is 31.8 Å². The van der Waals surface area contributed by atoms with Gasteiger partial charge >= 0.3 is 11.9 Å². The molecule has 11 heteroatoms. The highest BCUT2D eigenvalue weighted by atomic mass is 32.2. The topological polar surface area (TPSA) is 144 Å². The predicted octanol–water partition coefficient (Wildman–Crippen LogP) is -1.64. The maximum absolute atomic E-state index is 11.6. The van der Waals surface area contributed by atoms with Crippen molar-refractivity contribution in [2.24, 2.45) is 0 Å². The number of aliphatic carboxylic acids is 1. The molecule has 2 N–H and O–H groups in total. The summed E-state index contributed by atoms with van der Waals surface area (Å²) in [5, 5.41) is 8.84. The van der Waals surface area contributed by atoms with Crippen LogP contribution in [0.15, 0.2) is 0 Å². The number of carbonyl (C=O) groups excluding carboxylic acids is 1. The summed E-state index contributed by atoms with van der Waals surface area (Å²) < 4.78 is 51.1. The first-order valence-electron chi connectivity index (χ1n) is 5.44. The minimum Gasteiger partial charge on any atom is -0.480 e. The molecule has 0 radical (unpaired) electrons. The van der Waals surface area contributed by atoms with Crippen molar-refractivity contribution in [2.75, 3.05) is 24.9 Å².